The Hall–Kier alpha value is -2.94. The average molecular weight is 437 g/mol. The van der Waals surface area contributed by atoms with E-state index < -0.39 is 15.9 Å². The summed E-state index contributed by atoms with van der Waals surface area (Å²) in [4.78, 5) is 12.7. The lowest BCUT2D eigenvalue weighted by Crippen LogP contribution is -2.41. The maximum atomic E-state index is 12.7. The van der Waals surface area contributed by atoms with Gasteiger partial charge in [-0.2, -0.15) is 0 Å². The first-order valence-electron chi connectivity index (χ1n) is 9.36. The molecule has 9 heteroatoms. The Bertz CT molecular complexity index is 960. The molecule has 30 heavy (non-hydrogen) atoms. The summed E-state index contributed by atoms with van der Waals surface area (Å²) in [6.45, 7) is 1.59. The highest BCUT2D eigenvalue weighted by molar-refractivity contribution is 7.92. The van der Waals surface area contributed by atoms with Crippen molar-refractivity contribution in [2.45, 2.75) is 19.4 Å². The van der Waals surface area contributed by atoms with Gasteiger partial charge in [-0.25, -0.2) is 8.42 Å². The van der Waals surface area contributed by atoms with Gasteiger partial charge in [0.05, 0.1) is 39.3 Å². The summed E-state index contributed by atoms with van der Waals surface area (Å²) in [5.41, 5.74) is 1.21. The molecule has 1 atom stereocenters. The molecule has 0 spiro atoms. The minimum atomic E-state index is -3.66. The first-order valence-corrected chi connectivity index (χ1v) is 11.2. The number of carbonyl (C=O) groups excluding carboxylic acids is 1. The predicted molar refractivity (Wildman–Crippen MR) is 116 cm³/mol. The van der Waals surface area contributed by atoms with Gasteiger partial charge in [-0.1, -0.05) is 13.0 Å². The third-order valence-corrected chi connectivity index (χ3v) is 5.74. The van der Waals surface area contributed by atoms with Gasteiger partial charge in [-0.05, 0) is 48.4 Å². The Labute approximate surface area is 177 Å². The Morgan fingerprint density at radius 1 is 1.00 bits per heavy atom. The van der Waals surface area contributed by atoms with Gasteiger partial charge in [0, 0.05) is 0 Å². The molecule has 0 aliphatic carbocycles. The number of benzene rings is 2. The molecule has 0 bridgehead atoms. The topological polar surface area (TPSA) is 94.2 Å². The highest BCUT2D eigenvalue weighted by Gasteiger charge is 2.23. The Morgan fingerprint density at radius 3 is 2.13 bits per heavy atom. The molecule has 0 saturated carbocycles. The molecule has 0 saturated heterocycles. The van der Waals surface area contributed by atoms with E-state index in [1.165, 1.54) is 7.11 Å². The van der Waals surface area contributed by atoms with Gasteiger partial charge < -0.3 is 19.5 Å². The molecule has 8 nitrogen and oxygen atoms in total. The maximum Gasteiger partial charge on any atom is 0.241 e. The number of methoxy groups -OCH3 is 3. The maximum absolute atomic E-state index is 12.7. The van der Waals surface area contributed by atoms with Gasteiger partial charge >= 0.3 is 0 Å². The number of nitrogens with one attached hydrogen (secondary N) is 1. The van der Waals surface area contributed by atoms with Crippen molar-refractivity contribution in [1.29, 1.82) is 0 Å². The molecule has 0 fully saturated rings. The van der Waals surface area contributed by atoms with E-state index in [-0.39, 0.29) is 12.6 Å². The molecular formula is C21H28N2O6S. The van der Waals surface area contributed by atoms with Crippen molar-refractivity contribution >= 4 is 21.6 Å². The number of carbonyl (C=O) groups is 1. The number of hydrogen-bond acceptors (Lipinski definition) is 6. The molecule has 1 N–H and O–H groups in total. The molecular weight excluding hydrogens is 408 g/mol. The molecule has 0 aliphatic rings. The number of sulfonamides is 1. The second-order valence-corrected chi connectivity index (χ2v) is 8.52. The molecule has 1 amide bonds. The van der Waals surface area contributed by atoms with E-state index in [2.05, 4.69) is 5.32 Å². The number of ether oxygens (including phenoxy) is 3. The van der Waals surface area contributed by atoms with Crippen molar-refractivity contribution in [2.24, 2.45) is 0 Å². The second-order valence-electron chi connectivity index (χ2n) is 6.61. The third kappa shape index (κ3) is 5.79. The Kier molecular flexibility index (Phi) is 7.93. The molecule has 0 unspecified atom stereocenters. The van der Waals surface area contributed by atoms with E-state index in [4.69, 9.17) is 14.2 Å². The average Bonchev–Trinajstić information content (AvgIpc) is 2.74. The predicted octanol–water partition coefficient (Wildman–Crippen LogP) is 2.75. The molecule has 164 valence electrons. The lowest BCUT2D eigenvalue weighted by molar-refractivity contribution is -0.120. The van der Waals surface area contributed by atoms with Crippen LogP contribution >= 0.6 is 0 Å². The third-order valence-electron chi connectivity index (χ3n) is 4.60. The molecule has 2 rings (SSSR count). The summed E-state index contributed by atoms with van der Waals surface area (Å²) in [5.74, 6) is 1.32. The van der Waals surface area contributed by atoms with Crippen LogP contribution in [0.2, 0.25) is 0 Å². The summed E-state index contributed by atoms with van der Waals surface area (Å²) >= 11 is 0. The fourth-order valence-electron chi connectivity index (χ4n) is 3.01. The van der Waals surface area contributed by atoms with Gasteiger partial charge in [-0.15, -0.1) is 0 Å². The van der Waals surface area contributed by atoms with Crippen molar-refractivity contribution in [1.82, 2.24) is 5.32 Å². The lowest BCUT2D eigenvalue weighted by Gasteiger charge is -2.24. The van der Waals surface area contributed by atoms with Crippen LogP contribution in [0.25, 0.3) is 0 Å². The lowest BCUT2D eigenvalue weighted by atomic mass is 10.0. The van der Waals surface area contributed by atoms with E-state index >= 15 is 0 Å². The molecule has 0 aromatic heterocycles. The van der Waals surface area contributed by atoms with Gasteiger partial charge in [0.25, 0.3) is 0 Å². The smallest absolute Gasteiger partial charge is 0.241 e. The first kappa shape index (κ1) is 23.3. The molecule has 0 heterocycles. The number of amides is 1. The van der Waals surface area contributed by atoms with E-state index in [0.29, 0.717) is 29.4 Å². The normalized spacial score (nSPS) is 12.0. The quantitative estimate of drug-likeness (QED) is 0.616. The van der Waals surface area contributed by atoms with Gasteiger partial charge in [0.2, 0.25) is 15.9 Å². The van der Waals surface area contributed by atoms with Crippen LogP contribution in [0, 0.1) is 0 Å². The second kappa shape index (κ2) is 10.2. The molecule has 0 aliphatic heterocycles. The van der Waals surface area contributed by atoms with Crippen molar-refractivity contribution in [3.05, 3.63) is 48.0 Å². The van der Waals surface area contributed by atoms with Gasteiger partial charge in [0.15, 0.2) is 11.5 Å². The minimum absolute atomic E-state index is 0.311. The van der Waals surface area contributed by atoms with Crippen LogP contribution in [0.3, 0.4) is 0 Å². The van der Waals surface area contributed by atoms with E-state index in [9.17, 15) is 13.2 Å². The monoisotopic (exact) mass is 436 g/mol. The van der Waals surface area contributed by atoms with Crippen molar-refractivity contribution in [3.63, 3.8) is 0 Å². The number of nitrogens with zero attached hydrogens (tertiary/aromatic N) is 1. The van der Waals surface area contributed by atoms with Crippen molar-refractivity contribution in [3.8, 4) is 17.2 Å². The SMILES string of the molecule is CC[C@@H](NC(=O)CN(c1ccc(OC)cc1)S(C)(=O)=O)c1ccc(OC)c(OC)c1. The fourth-order valence-corrected chi connectivity index (χ4v) is 3.87. The number of rotatable bonds is 10. The van der Waals surface area contributed by atoms with Crippen LogP contribution in [0.1, 0.15) is 24.9 Å². The first-order chi connectivity index (χ1) is 14.2. The van der Waals surface area contributed by atoms with Crippen LogP contribution in [0.4, 0.5) is 5.69 Å². The zero-order chi connectivity index (χ0) is 22.3. The molecule has 0 radical (unpaired) electrons. The van der Waals surface area contributed by atoms with E-state index in [0.717, 1.165) is 16.1 Å². The van der Waals surface area contributed by atoms with Crippen LogP contribution < -0.4 is 23.8 Å². The highest BCUT2D eigenvalue weighted by atomic mass is 32.2. The number of anilines is 1. The summed E-state index contributed by atoms with van der Waals surface area (Å²) < 4.78 is 41.3. The Balaban J connectivity index is 2.20. The zero-order valence-corrected chi connectivity index (χ0v) is 18.7. The molecule has 2 aromatic carbocycles. The summed E-state index contributed by atoms with van der Waals surface area (Å²) in [7, 11) is 0.952. The van der Waals surface area contributed by atoms with Gasteiger partial charge in [-0.3, -0.25) is 9.10 Å². The van der Waals surface area contributed by atoms with Crippen LogP contribution in [0.15, 0.2) is 42.5 Å². The van der Waals surface area contributed by atoms with Crippen molar-refractivity contribution < 1.29 is 27.4 Å². The van der Waals surface area contributed by atoms with Crippen molar-refractivity contribution in [2.75, 3.05) is 38.4 Å². The fraction of sp³-hybridized carbons (Fsp3) is 0.381. The van der Waals surface area contributed by atoms with Crippen LogP contribution in [0.5, 0.6) is 17.2 Å². The zero-order valence-electron chi connectivity index (χ0n) is 17.8. The van der Waals surface area contributed by atoms with Crippen LogP contribution in [-0.2, 0) is 14.8 Å². The van der Waals surface area contributed by atoms with Crippen LogP contribution in [-0.4, -0.2) is 48.5 Å². The number of hydrogen-bond donors (Lipinski definition) is 1. The van der Waals surface area contributed by atoms with E-state index in [1.54, 1.807) is 50.6 Å². The van der Waals surface area contributed by atoms with Gasteiger partial charge in [0.1, 0.15) is 12.3 Å². The summed E-state index contributed by atoms with van der Waals surface area (Å²) in [5, 5.41) is 2.90. The minimum Gasteiger partial charge on any atom is -0.497 e. The highest BCUT2D eigenvalue weighted by Crippen LogP contribution is 2.31. The standard InChI is InChI=1S/C21H28N2O6S/c1-6-18(15-7-12-19(28-3)20(13-15)29-4)22-21(24)14-23(30(5,25)26)16-8-10-17(27-2)11-9-16/h7-13,18H,6,14H2,1-5H3,(H,22,24)/t18-/m1/s1. The molecule has 2 aromatic rings. The summed E-state index contributed by atoms with van der Waals surface area (Å²) in [6.07, 6.45) is 1.68. The summed E-state index contributed by atoms with van der Waals surface area (Å²) in [6, 6.07) is 11.6. The Morgan fingerprint density at radius 2 is 1.63 bits per heavy atom. The van der Waals surface area contributed by atoms with E-state index in [1.807, 2.05) is 13.0 Å². The largest absolute Gasteiger partial charge is 0.497 e.